The highest BCUT2D eigenvalue weighted by atomic mass is 35.5. The zero-order valence-electron chi connectivity index (χ0n) is 7.42. The molecule has 0 aliphatic carbocycles. The molecule has 1 N–H and O–H groups in total. The molecule has 0 unspecified atom stereocenters. The van der Waals surface area contributed by atoms with Crippen LogP contribution in [-0.4, -0.2) is 10.7 Å². The van der Waals surface area contributed by atoms with Crippen LogP contribution in [0.4, 0.5) is 0 Å². The first-order chi connectivity index (χ1) is 6.24. The van der Waals surface area contributed by atoms with Crippen LogP contribution < -0.4 is 0 Å². The van der Waals surface area contributed by atoms with Crippen LogP contribution in [0.5, 0.6) is 0 Å². The fourth-order valence-corrected chi connectivity index (χ4v) is 1.06. The fraction of sp³-hybridized carbons (Fsp3) is 0.200. The third kappa shape index (κ3) is 2.99. The second kappa shape index (κ2) is 4.77. The van der Waals surface area contributed by atoms with Crippen molar-refractivity contribution in [2.45, 2.75) is 13.3 Å². The van der Waals surface area contributed by atoms with Gasteiger partial charge in [-0.15, -0.1) is 0 Å². The summed E-state index contributed by atoms with van der Waals surface area (Å²) in [5.41, 5.74) is 1.19. The number of allylic oxidation sites excluding steroid dienone is 2. The van der Waals surface area contributed by atoms with Gasteiger partial charge in [0.05, 0.1) is 10.7 Å². The molecule has 1 aromatic heterocycles. The topological polar surface area (TPSA) is 36.7 Å². The highest BCUT2D eigenvalue weighted by Gasteiger charge is 1.97. The lowest BCUT2D eigenvalue weighted by molar-refractivity contribution is 1.22. The predicted octanol–water partition coefficient (Wildman–Crippen LogP) is 3.07. The Morgan fingerprint density at radius 2 is 2.38 bits per heavy atom. The average Bonchev–Trinajstić information content (AvgIpc) is 2.14. The summed E-state index contributed by atoms with van der Waals surface area (Å²) >= 11 is 5.74. The molecular weight excluding hydrogens is 184 g/mol. The van der Waals surface area contributed by atoms with E-state index in [0.717, 1.165) is 12.0 Å². The number of aromatic nitrogens is 1. The number of rotatable bonds is 3. The van der Waals surface area contributed by atoms with Crippen LogP contribution in [0.15, 0.2) is 30.6 Å². The molecular formula is C10H11ClN2. The first-order valence-electron chi connectivity index (χ1n) is 4.10. The van der Waals surface area contributed by atoms with Gasteiger partial charge in [-0.3, -0.25) is 4.98 Å². The van der Waals surface area contributed by atoms with Crippen LogP contribution in [-0.2, 0) is 0 Å². The lowest BCUT2D eigenvalue weighted by Gasteiger charge is -1.97. The lowest BCUT2D eigenvalue weighted by atomic mass is 10.1. The zero-order valence-corrected chi connectivity index (χ0v) is 8.17. The largest absolute Gasteiger partial charge is 0.300 e. The van der Waals surface area contributed by atoms with E-state index in [1.165, 1.54) is 0 Å². The van der Waals surface area contributed by atoms with Crippen molar-refractivity contribution < 1.29 is 0 Å². The highest BCUT2D eigenvalue weighted by molar-refractivity contribution is 6.30. The van der Waals surface area contributed by atoms with Gasteiger partial charge in [0.1, 0.15) is 0 Å². The minimum Gasteiger partial charge on any atom is -0.300 e. The van der Waals surface area contributed by atoms with Gasteiger partial charge < -0.3 is 5.41 Å². The molecule has 0 saturated carbocycles. The smallest absolute Gasteiger partial charge is 0.0625 e. The molecule has 0 spiro atoms. The van der Waals surface area contributed by atoms with Gasteiger partial charge in [-0.2, -0.15) is 0 Å². The first kappa shape index (κ1) is 9.93. The predicted molar refractivity (Wildman–Crippen MR) is 55.5 cm³/mol. The van der Waals surface area contributed by atoms with Crippen LogP contribution in [0.2, 0.25) is 5.02 Å². The molecule has 0 radical (unpaired) electrons. The van der Waals surface area contributed by atoms with E-state index in [2.05, 4.69) is 4.98 Å². The minimum atomic E-state index is 0.442. The van der Waals surface area contributed by atoms with Crippen molar-refractivity contribution in [3.8, 4) is 0 Å². The number of hydrogen-bond donors (Lipinski definition) is 1. The summed E-state index contributed by atoms with van der Waals surface area (Å²) in [6.07, 6.45) is 7.81. The Hall–Kier alpha value is -1.15. The van der Waals surface area contributed by atoms with Crippen molar-refractivity contribution in [3.05, 3.63) is 41.2 Å². The zero-order chi connectivity index (χ0) is 9.68. The van der Waals surface area contributed by atoms with Crippen molar-refractivity contribution >= 4 is 17.3 Å². The van der Waals surface area contributed by atoms with Gasteiger partial charge in [0.2, 0.25) is 0 Å². The third-order valence-corrected chi connectivity index (χ3v) is 1.74. The Kier molecular flexibility index (Phi) is 3.65. The molecule has 0 aromatic carbocycles. The quantitative estimate of drug-likeness (QED) is 0.738. The maximum absolute atomic E-state index is 7.64. The second-order valence-corrected chi connectivity index (χ2v) is 3.05. The van der Waals surface area contributed by atoms with Crippen LogP contribution in [0.3, 0.4) is 0 Å². The standard InChI is InChI=1S/C10H11ClN2/c1-2-3-4-10(12)8-5-9(11)7-13-6-8/h3-7,12H,2H2,1H3/b4-3+,12-10?. The molecule has 1 heterocycles. The second-order valence-electron chi connectivity index (χ2n) is 2.62. The Bertz CT molecular complexity index is 331. The Morgan fingerprint density at radius 3 is 3.00 bits per heavy atom. The van der Waals surface area contributed by atoms with Gasteiger partial charge in [0, 0.05) is 18.0 Å². The van der Waals surface area contributed by atoms with Gasteiger partial charge in [-0.1, -0.05) is 24.6 Å². The van der Waals surface area contributed by atoms with E-state index in [0.29, 0.717) is 10.7 Å². The molecule has 3 heteroatoms. The molecule has 0 saturated heterocycles. The number of pyridine rings is 1. The van der Waals surface area contributed by atoms with Gasteiger partial charge >= 0.3 is 0 Å². The van der Waals surface area contributed by atoms with Crippen LogP contribution in [0.25, 0.3) is 0 Å². The summed E-state index contributed by atoms with van der Waals surface area (Å²) in [5.74, 6) is 0. The van der Waals surface area contributed by atoms with E-state index in [9.17, 15) is 0 Å². The van der Waals surface area contributed by atoms with E-state index in [-0.39, 0.29) is 0 Å². The van der Waals surface area contributed by atoms with Gasteiger partial charge in [-0.05, 0) is 18.6 Å². The van der Waals surface area contributed by atoms with Gasteiger partial charge in [-0.25, -0.2) is 0 Å². The Morgan fingerprint density at radius 1 is 1.62 bits per heavy atom. The summed E-state index contributed by atoms with van der Waals surface area (Å²) in [4.78, 5) is 3.91. The van der Waals surface area contributed by atoms with Crippen molar-refractivity contribution in [2.24, 2.45) is 0 Å². The SMILES string of the molecule is CC/C=C/C(=N)c1cncc(Cl)c1. The maximum atomic E-state index is 7.64. The van der Waals surface area contributed by atoms with E-state index >= 15 is 0 Å². The normalized spacial score (nSPS) is 10.6. The van der Waals surface area contributed by atoms with Crippen LogP contribution >= 0.6 is 11.6 Å². The molecule has 0 amide bonds. The summed E-state index contributed by atoms with van der Waals surface area (Å²) in [5, 5.41) is 8.21. The number of halogens is 1. The summed E-state index contributed by atoms with van der Waals surface area (Å²) in [7, 11) is 0. The molecule has 68 valence electrons. The molecule has 1 aromatic rings. The molecule has 0 fully saturated rings. The lowest BCUT2D eigenvalue weighted by Crippen LogP contribution is -1.94. The Labute approximate surface area is 82.8 Å². The van der Waals surface area contributed by atoms with E-state index in [4.69, 9.17) is 17.0 Å². The summed E-state index contributed by atoms with van der Waals surface area (Å²) in [6.45, 7) is 2.03. The van der Waals surface area contributed by atoms with Crippen LogP contribution in [0, 0.1) is 5.41 Å². The van der Waals surface area contributed by atoms with E-state index in [1.807, 2.05) is 13.0 Å². The summed E-state index contributed by atoms with van der Waals surface area (Å²) in [6, 6.07) is 1.73. The molecule has 0 bridgehead atoms. The van der Waals surface area contributed by atoms with Crippen molar-refractivity contribution in [3.63, 3.8) is 0 Å². The monoisotopic (exact) mass is 194 g/mol. The van der Waals surface area contributed by atoms with Crippen LogP contribution in [0.1, 0.15) is 18.9 Å². The molecule has 2 nitrogen and oxygen atoms in total. The first-order valence-corrected chi connectivity index (χ1v) is 4.48. The molecule has 13 heavy (non-hydrogen) atoms. The Balaban J connectivity index is 2.83. The number of hydrogen-bond acceptors (Lipinski definition) is 2. The van der Waals surface area contributed by atoms with Crippen molar-refractivity contribution in [1.29, 1.82) is 5.41 Å². The van der Waals surface area contributed by atoms with E-state index < -0.39 is 0 Å². The highest BCUT2D eigenvalue weighted by Crippen LogP contribution is 2.09. The van der Waals surface area contributed by atoms with E-state index in [1.54, 1.807) is 24.5 Å². The average molecular weight is 195 g/mol. The maximum Gasteiger partial charge on any atom is 0.0625 e. The molecule has 1 rings (SSSR count). The molecule has 0 atom stereocenters. The summed E-state index contributed by atoms with van der Waals surface area (Å²) < 4.78 is 0. The minimum absolute atomic E-state index is 0.442. The molecule has 0 aliphatic heterocycles. The van der Waals surface area contributed by atoms with Gasteiger partial charge in [0.25, 0.3) is 0 Å². The van der Waals surface area contributed by atoms with Crippen molar-refractivity contribution in [1.82, 2.24) is 4.98 Å². The van der Waals surface area contributed by atoms with Gasteiger partial charge in [0.15, 0.2) is 0 Å². The molecule has 0 aliphatic rings. The van der Waals surface area contributed by atoms with Crippen molar-refractivity contribution in [2.75, 3.05) is 0 Å². The number of nitrogens with one attached hydrogen (secondary N) is 1. The fourth-order valence-electron chi connectivity index (χ4n) is 0.891. The third-order valence-electron chi connectivity index (χ3n) is 1.54. The number of nitrogens with zero attached hydrogens (tertiary/aromatic N) is 1.